The molecule has 19 heteroatoms. The molecule has 2 aromatic carbocycles. The van der Waals surface area contributed by atoms with Crippen molar-refractivity contribution in [3.05, 3.63) is 77.2 Å². The lowest BCUT2D eigenvalue weighted by Crippen LogP contribution is -2.50. The number of nitrogens with zero attached hydrogens (tertiary/aromatic N) is 5. The maximum atomic E-state index is 14.5. The molecule has 52 heavy (non-hydrogen) atoms. The predicted octanol–water partition coefficient (Wildman–Crippen LogP) is 3.42. The summed E-state index contributed by atoms with van der Waals surface area (Å²) < 4.78 is 48.3. The zero-order valence-corrected chi connectivity index (χ0v) is 30.6. The number of rotatable bonds is 11. The molecule has 0 bridgehead atoms. The zero-order valence-electron chi connectivity index (χ0n) is 29.9. The molecule has 0 radical (unpaired) electrons. The number of carbonyl (C=O) groups excluding carboxylic acids is 2. The lowest BCUT2D eigenvalue weighted by Gasteiger charge is -2.33. The Morgan fingerprint density at radius 3 is 2.38 bits per heavy atom. The average Bonchev–Trinajstić information content (AvgIpc) is 3.43. The van der Waals surface area contributed by atoms with E-state index in [2.05, 4.69) is 25.6 Å². The van der Waals surface area contributed by atoms with Crippen LogP contribution in [0.3, 0.4) is 0 Å². The molecule has 1 aliphatic carbocycles. The summed E-state index contributed by atoms with van der Waals surface area (Å²) in [4.78, 5) is 33.0. The molecule has 0 saturated heterocycles. The van der Waals surface area contributed by atoms with Crippen LogP contribution in [0.5, 0.6) is 0 Å². The molecule has 0 aliphatic heterocycles. The van der Waals surface area contributed by atoms with Crippen LogP contribution in [0, 0.1) is 10.8 Å². The third-order valence-electron chi connectivity index (χ3n) is 8.69. The van der Waals surface area contributed by atoms with E-state index in [4.69, 9.17) is 21.7 Å². The summed E-state index contributed by atoms with van der Waals surface area (Å²) in [6, 6.07) is 12.1. The van der Waals surface area contributed by atoms with E-state index < -0.39 is 41.6 Å². The van der Waals surface area contributed by atoms with Crippen molar-refractivity contribution in [2.24, 2.45) is 5.41 Å². The summed E-state index contributed by atoms with van der Waals surface area (Å²) in [7, 11) is 5.82. The molecule has 1 aliphatic rings. The van der Waals surface area contributed by atoms with Crippen LogP contribution in [0.25, 0.3) is 22.6 Å². The molecule has 1 fully saturated rings. The van der Waals surface area contributed by atoms with E-state index in [9.17, 15) is 22.8 Å². The number of H-pyrrole nitrogens is 1. The highest BCUT2D eigenvalue weighted by atomic mass is 35.5. The molecule has 0 spiro atoms. The van der Waals surface area contributed by atoms with Gasteiger partial charge in [0.2, 0.25) is 0 Å². The number of guanidine groups is 1. The predicted molar refractivity (Wildman–Crippen MR) is 199 cm³/mol. The monoisotopic (exact) mass is 735 g/mol. The Bertz CT molecular complexity index is 1910. The highest BCUT2D eigenvalue weighted by molar-refractivity contribution is 6.56. The molecule has 4 aromatic rings. The normalized spacial score (nSPS) is 14.7. The number of benzene rings is 2. The van der Waals surface area contributed by atoms with Gasteiger partial charge in [-0.2, -0.15) is 23.4 Å². The summed E-state index contributed by atoms with van der Waals surface area (Å²) in [5.41, 5.74) is 0.0494. The van der Waals surface area contributed by atoms with Crippen LogP contribution in [0.2, 0.25) is 5.02 Å². The maximum Gasteiger partial charge on any atom is 0.411 e. The van der Waals surface area contributed by atoms with E-state index >= 15 is 0 Å². The van der Waals surface area contributed by atoms with Gasteiger partial charge >= 0.3 is 12.3 Å². The van der Waals surface area contributed by atoms with Gasteiger partial charge in [-0.25, -0.2) is 9.78 Å². The molecule has 272 valence electrons. The quantitative estimate of drug-likeness (QED) is 0.105. The topological polar surface area (TPSA) is 154 Å². The van der Waals surface area contributed by atoms with E-state index in [0.29, 0.717) is 34.9 Å². The minimum Gasteiger partial charge on any atom is -0.447 e. The molecule has 2 heterocycles. The van der Waals surface area contributed by atoms with Crippen molar-refractivity contribution in [2.45, 2.75) is 63.0 Å². The third kappa shape index (κ3) is 8.83. The van der Waals surface area contributed by atoms with Crippen molar-refractivity contribution in [2.75, 3.05) is 13.2 Å². The number of amides is 2. The Morgan fingerprint density at radius 1 is 1.12 bits per heavy atom. The molecule has 5 rings (SSSR count). The Kier molecular flexibility index (Phi) is 10.9. The number of alkyl halides is 3. The van der Waals surface area contributed by atoms with Gasteiger partial charge in [-0.05, 0) is 71.4 Å². The van der Waals surface area contributed by atoms with E-state index in [1.165, 1.54) is 6.33 Å². The van der Waals surface area contributed by atoms with Crippen LogP contribution < -0.4 is 10.6 Å². The number of aromatic amines is 1. The largest absolute Gasteiger partial charge is 0.447 e. The molecule has 0 unspecified atom stereocenters. The first-order valence-corrected chi connectivity index (χ1v) is 17.2. The van der Waals surface area contributed by atoms with Crippen LogP contribution in [-0.2, 0) is 9.97 Å². The van der Waals surface area contributed by atoms with Crippen molar-refractivity contribution in [3.8, 4) is 22.6 Å². The zero-order chi connectivity index (χ0) is 38.1. The van der Waals surface area contributed by atoms with Gasteiger partial charge in [-0.3, -0.25) is 24.9 Å². The Balaban J connectivity index is 1.57. The van der Waals surface area contributed by atoms with Gasteiger partial charge in [-0.15, -0.1) is 0 Å². The fourth-order valence-electron chi connectivity index (χ4n) is 5.54. The third-order valence-corrected chi connectivity index (χ3v) is 9.02. The number of hydrogen-bond acceptors (Lipinski definition) is 7. The van der Waals surface area contributed by atoms with Crippen LogP contribution in [-0.4, -0.2) is 96.2 Å². The molecular formula is C33H40B3ClF3N9O3. The minimum atomic E-state index is -4.66. The van der Waals surface area contributed by atoms with Crippen molar-refractivity contribution in [1.29, 1.82) is 5.41 Å². The Morgan fingerprint density at radius 2 is 1.81 bits per heavy atom. The van der Waals surface area contributed by atoms with Gasteiger partial charge in [0.15, 0.2) is 11.8 Å². The number of carbonyl (C=O) groups is 2. The van der Waals surface area contributed by atoms with Crippen LogP contribution >= 0.6 is 11.6 Å². The second kappa shape index (κ2) is 14.7. The number of alkyl carbamates (subject to hydrolysis) is 1. The van der Waals surface area contributed by atoms with Crippen molar-refractivity contribution in [3.63, 3.8) is 0 Å². The number of aromatic nitrogens is 5. The summed E-state index contributed by atoms with van der Waals surface area (Å²) in [6.45, 7) is 5.84. The maximum absolute atomic E-state index is 14.5. The van der Waals surface area contributed by atoms with Gasteiger partial charge in [0.25, 0.3) is 5.91 Å². The summed E-state index contributed by atoms with van der Waals surface area (Å²) in [6.07, 6.45) is -2.87. The lowest BCUT2D eigenvalue weighted by atomic mass is 9.49. The number of nitrogens with one attached hydrogen (secondary N) is 4. The molecule has 4 N–H and O–H groups in total. The first-order chi connectivity index (χ1) is 24.3. The van der Waals surface area contributed by atoms with Crippen molar-refractivity contribution >= 4 is 53.1 Å². The molecule has 2 aromatic heterocycles. The van der Waals surface area contributed by atoms with Gasteiger partial charge in [0.1, 0.15) is 42.0 Å². The second-order valence-electron chi connectivity index (χ2n) is 15.0. The molecule has 2 amide bonds. The van der Waals surface area contributed by atoms with Gasteiger partial charge in [0, 0.05) is 23.9 Å². The van der Waals surface area contributed by atoms with Gasteiger partial charge < -0.3 is 15.4 Å². The van der Waals surface area contributed by atoms with Crippen LogP contribution in [0.1, 0.15) is 62.0 Å². The molecule has 1 atom stereocenters. The van der Waals surface area contributed by atoms with E-state index in [1.807, 2.05) is 49.6 Å². The fraction of sp³-hybridized carbons (Fsp3) is 0.394. The molecule has 1 saturated carbocycles. The summed E-state index contributed by atoms with van der Waals surface area (Å²) in [5, 5.41) is 25.2. The van der Waals surface area contributed by atoms with Gasteiger partial charge in [-0.1, -0.05) is 50.6 Å². The smallest absolute Gasteiger partial charge is 0.411 e. The fourth-order valence-corrected chi connectivity index (χ4v) is 5.74. The van der Waals surface area contributed by atoms with E-state index in [1.54, 1.807) is 59.4 Å². The Labute approximate surface area is 307 Å². The van der Waals surface area contributed by atoms with Gasteiger partial charge in [0.05, 0.1) is 16.8 Å². The van der Waals surface area contributed by atoms with E-state index in [-0.39, 0.29) is 29.8 Å². The summed E-state index contributed by atoms with van der Waals surface area (Å²) >= 11 is 6.71. The standard InChI is InChI=1S/C33H40B3ClF3N9O3/c1-30(2,3)13-15-42-28(41)48(27(50)20-6-4-19(5-7-20)24-10-14-44-47-24)25(17-52-29(51)46-31(11-12-31)32(38,39)40)21-8-9-23(37)22(16-21)26-43-18-45-49(26)33(34,35)36/h4-10,14,16,18,25H,11-13,15,17,34-36H2,1-3H3,(H2,41,42)(H,44,47)(H,46,51)/t25-/m1/s1. The van der Waals surface area contributed by atoms with E-state index in [0.717, 1.165) is 16.2 Å². The van der Waals surface area contributed by atoms with Crippen molar-refractivity contribution in [1.82, 2.24) is 40.5 Å². The SMILES string of the molecule is BC(B)(B)n1ncnc1-c1cc([C@@H](COC(=O)NC2(C(F)(F)F)CC2)N(C(=N)NCCC(C)(C)C)C(=O)c2ccc(-c3ccn[nH]3)cc2)ccc1Cl. The highest BCUT2D eigenvalue weighted by Crippen LogP contribution is 2.49. The second-order valence-corrected chi connectivity index (χ2v) is 15.4. The summed E-state index contributed by atoms with van der Waals surface area (Å²) in [5.74, 6) is -0.505. The Hall–Kier alpha value is -4.73. The highest BCUT2D eigenvalue weighted by Gasteiger charge is 2.64. The lowest BCUT2D eigenvalue weighted by molar-refractivity contribution is -0.164. The van der Waals surface area contributed by atoms with Crippen LogP contribution in [0.4, 0.5) is 18.0 Å². The average molecular weight is 736 g/mol. The van der Waals surface area contributed by atoms with Crippen molar-refractivity contribution < 1.29 is 27.5 Å². The number of halogens is 4. The number of ether oxygens (including phenoxy) is 1. The molecule has 12 nitrogen and oxygen atoms in total. The molecular weight excluding hydrogens is 695 g/mol. The van der Waals surface area contributed by atoms with Crippen LogP contribution in [0.15, 0.2) is 61.1 Å². The first-order valence-electron chi connectivity index (χ1n) is 16.8. The minimum absolute atomic E-state index is 0.101. The number of hydrogen-bond donors (Lipinski definition) is 4. The first kappa shape index (κ1) is 38.5.